The molecule has 6 heteroatoms. The fourth-order valence-corrected chi connectivity index (χ4v) is 3.12. The van der Waals surface area contributed by atoms with E-state index in [9.17, 15) is 9.59 Å². The summed E-state index contributed by atoms with van der Waals surface area (Å²) >= 11 is 0. The summed E-state index contributed by atoms with van der Waals surface area (Å²) in [4.78, 5) is 26.7. The molecule has 0 bridgehead atoms. The molecule has 0 aromatic heterocycles. The second-order valence-corrected chi connectivity index (χ2v) is 7.24. The molecule has 2 rings (SSSR count). The summed E-state index contributed by atoms with van der Waals surface area (Å²) in [5.41, 5.74) is 2.46. The number of carbonyl (C=O) groups excluding carboxylic acids is 2. The molecule has 1 atom stereocenters. The summed E-state index contributed by atoms with van der Waals surface area (Å²) in [6.45, 7) is 12.3. The van der Waals surface area contributed by atoms with E-state index < -0.39 is 12.1 Å². The van der Waals surface area contributed by atoms with Crippen molar-refractivity contribution < 1.29 is 14.3 Å². The SMILES string of the molecule is CC1=NN(c2ccc(C(=O)OC(C)C(=O)N(C(C)C)C(C)C)cc2)CC1. The molecule has 6 nitrogen and oxygen atoms in total. The first-order valence-electron chi connectivity index (χ1n) is 9.15. The number of hydrazone groups is 1. The number of ether oxygens (including phenoxy) is 1. The lowest BCUT2D eigenvalue weighted by Crippen LogP contribution is -2.47. The van der Waals surface area contributed by atoms with Gasteiger partial charge in [0.2, 0.25) is 0 Å². The largest absolute Gasteiger partial charge is 0.449 e. The average Bonchev–Trinajstić information content (AvgIpc) is 3.00. The fraction of sp³-hybridized carbons (Fsp3) is 0.550. The van der Waals surface area contributed by atoms with Gasteiger partial charge in [-0.3, -0.25) is 9.80 Å². The van der Waals surface area contributed by atoms with E-state index in [0.29, 0.717) is 5.56 Å². The third-order valence-electron chi connectivity index (χ3n) is 4.38. The van der Waals surface area contributed by atoms with Gasteiger partial charge in [0.05, 0.1) is 11.3 Å². The number of esters is 1. The fourth-order valence-electron chi connectivity index (χ4n) is 3.12. The van der Waals surface area contributed by atoms with Gasteiger partial charge in [-0.2, -0.15) is 5.10 Å². The first-order valence-corrected chi connectivity index (χ1v) is 9.15. The van der Waals surface area contributed by atoms with E-state index in [1.807, 2.05) is 51.8 Å². The molecule has 0 fully saturated rings. The van der Waals surface area contributed by atoms with Crippen molar-refractivity contribution in [2.75, 3.05) is 11.6 Å². The molecule has 1 aromatic rings. The summed E-state index contributed by atoms with van der Waals surface area (Å²) in [6, 6.07) is 7.21. The lowest BCUT2D eigenvalue weighted by molar-refractivity contribution is -0.143. The van der Waals surface area contributed by atoms with Gasteiger partial charge in [0.25, 0.3) is 5.91 Å². The number of amides is 1. The Morgan fingerprint density at radius 3 is 2.12 bits per heavy atom. The molecular weight excluding hydrogens is 330 g/mol. The molecule has 1 amide bonds. The summed E-state index contributed by atoms with van der Waals surface area (Å²) in [7, 11) is 0. The zero-order chi connectivity index (χ0) is 19.4. The van der Waals surface area contributed by atoms with Crippen LogP contribution in [0.2, 0.25) is 0 Å². The minimum Gasteiger partial charge on any atom is -0.449 e. The van der Waals surface area contributed by atoms with Crippen LogP contribution in [0.25, 0.3) is 0 Å². The van der Waals surface area contributed by atoms with E-state index in [1.165, 1.54) is 0 Å². The van der Waals surface area contributed by atoms with Gasteiger partial charge in [-0.15, -0.1) is 0 Å². The topological polar surface area (TPSA) is 62.2 Å². The molecule has 1 aliphatic rings. The Balaban J connectivity index is 2.01. The molecule has 1 aromatic carbocycles. The maximum absolute atomic E-state index is 12.6. The van der Waals surface area contributed by atoms with Crippen LogP contribution < -0.4 is 5.01 Å². The van der Waals surface area contributed by atoms with Crippen molar-refractivity contribution in [1.29, 1.82) is 0 Å². The maximum Gasteiger partial charge on any atom is 0.338 e. The van der Waals surface area contributed by atoms with Crippen LogP contribution in [0.4, 0.5) is 5.69 Å². The number of hydrogen-bond acceptors (Lipinski definition) is 5. The lowest BCUT2D eigenvalue weighted by Gasteiger charge is -2.32. The average molecular weight is 359 g/mol. The monoisotopic (exact) mass is 359 g/mol. The Kier molecular flexibility index (Phi) is 6.40. The molecule has 0 radical (unpaired) electrons. The van der Waals surface area contributed by atoms with Crippen molar-refractivity contribution in [3.63, 3.8) is 0 Å². The first-order chi connectivity index (χ1) is 12.2. The maximum atomic E-state index is 12.6. The Labute approximate surface area is 155 Å². The van der Waals surface area contributed by atoms with E-state index >= 15 is 0 Å². The van der Waals surface area contributed by atoms with Crippen LogP contribution >= 0.6 is 0 Å². The van der Waals surface area contributed by atoms with Crippen molar-refractivity contribution >= 4 is 23.3 Å². The van der Waals surface area contributed by atoms with E-state index in [2.05, 4.69) is 5.10 Å². The number of benzene rings is 1. The highest BCUT2D eigenvalue weighted by Gasteiger charge is 2.28. The number of rotatable bonds is 6. The first kappa shape index (κ1) is 19.9. The molecule has 0 N–H and O–H groups in total. The van der Waals surface area contributed by atoms with Crippen molar-refractivity contribution in [2.24, 2.45) is 5.10 Å². The van der Waals surface area contributed by atoms with Crippen molar-refractivity contribution in [3.05, 3.63) is 29.8 Å². The van der Waals surface area contributed by atoms with Crippen LogP contribution in [0.15, 0.2) is 29.4 Å². The van der Waals surface area contributed by atoms with Crippen LogP contribution in [0.1, 0.15) is 58.3 Å². The zero-order valence-corrected chi connectivity index (χ0v) is 16.5. The third-order valence-corrected chi connectivity index (χ3v) is 4.38. The van der Waals surface area contributed by atoms with Gasteiger partial charge >= 0.3 is 5.97 Å². The van der Waals surface area contributed by atoms with Crippen molar-refractivity contribution in [2.45, 2.75) is 66.2 Å². The predicted octanol–water partition coefficient (Wildman–Crippen LogP) is 3.46. The number of nitrogens with zero attached hydrogens (tertiary/aromatic N) is 3. The van der Waals surface area contributed by atoms with Crippen molar-refractivity contribution in [3.8, 4) is 0 Å². The van der Waals surface area contributed by atoms with Gasteiger partial charge < -0.3 is 9.64 Å². The van der Waals surface area contributed by atoms with Gasteiger partial charge in [0.1, 0.15) is 0 Å². The normalized spacial score (nSPS) is 15.2. The van der Waals surface area contributed by atoms with E-state index in [4.69, 9.17) is 4.74 Å². The second-order valence-electron chi connectivity index (χ2n) is 7.24. The van der Waals surface area contributed by atoms with E-state index in [0.717, 1.165) is 24.4 Å². The molecular formula is C20H29N3O3. The lowest BCUT2D eigenvalue weighted by atomic mass is 10.2. The highest BCUT2D eigenvalue weighted by atomic mass is 16.5. The van der Waals surface area contributed by atoms with E-state index in [-0.39, 0.29) is 18.0 Å². The van der Waals surface area contributed by atoms with Crippen LogP contribution in [-0.4, -0.2) is 47.2 Å². The van der Waals surface area contributed by atoms with Crippen LogP contribution in [0.3, 0.4) is 0 Å². The standard InChI is InChI=1S/C20H29N3O3/c1-13(2)23(14(3)4)19(24)16(6)26-20(25)17-7-9-18(10-8-17)22-12-11-15(5)21-22/h7-10,13-14,16H,11-12H2,1-6H3. The van der Waals surface area contributed by atoms with Gasteiger partial charge in [-0.1, -0.05) is 0 Å². The van der Waals surface area contributed by atoms with Gasteiger partial charge in [0, 0.05) is 30.8 Å². The Hall–Kier alpha value is -2.37. The summed E-state index contributed by atoms with van der Waals surface area (Å²) in [6.07, 6.45) is 0.129. The van der Waals surface area contributed by atoms with Gasteiger partial charge in [-0.25, -0.2) is 4.79 Å². The highest BCUT2D eigenvalue weighted by molar-refractivity contribution is 5.93. The number of anilines is 1. The van der Waals surface area contributed by atoms with Gasteiger partial charge in [-0.05, 0) is 65.8 Å². The van der Waals surface area contributed by atoms with Gasteiger partial charge in [0.15, 0.2) is 6.10 Å². The zero-order valence-electron chi connectivity index (χ0n) is 16.5. The molecule has 0 aliphatic carbocycles. The highest BCUT2D eigenvalue weighted by Crippen LogP contribution is 2.20. The molecule has 1 aliphatic heterocycles. The predicted molar refractivity (Wildman–Crippen MR) is 104 cm³/mol. The third kappa shape index (κ3) is 4.62. The molecule has 1 heterocycles. The molecule has 0 saturated carbocycles. The Morgan fingerprint density at radius 1 is 1.08 bits per heavy atom. The summed E-state index contributed by atoms with van der Waals surface area (Å²) in [5.74, 6) is -0.673. The molecule has 0 saturated heterocycles. The number of carbonyl (C=O) groups is 2. The van der Waals surface area contributed by atoms with Crippen LogP contribution in [0.5, 0.6) is 0 Å². The van der Waals surface area contributed by atoms with E-state index in [1.54, 1.807) is 24.0 Å². The molecule has 0 spiro atoms. The second kappa shape index (κ2) is 8.34. The molecule has 26 heavy (non-hydrogen) atoms. The molecule has 142 valence electrons. The Bertz CT molecular complexity index is 672. The van der Waals surface area contributed by atoms with Crippen LogP contribution in [0, 0.1) is 0 Å². The van der Waals surface area contributed by atoms with Crippen molar-refractivity contribution in [1.82, 2.24) is 4.90 Å². The quantitative estimate of drug-likeness (QED) is 0.730. The summed E-state index contributed by atoms with van der Waals surface area (Å²) < 4.78 is 5.39. The van der Waals surface area contributed by atoms with Crippen LogP contribution in [-0.2, 0) is 9.53 Å². The smallest absolute Gasteiger partial charge is 0.338 e. The Morgan fingerprint density at radius 2 is 1.65 bits per heavy atom. The molecule has 1 unspecified atom stereocenters. The number of hydrogen-bond donors (Lipinski definition) is 0. The minimum absolute atomic E-state index is 0.0485. The summed E-state index contributed by atoms with van der Waals surface area (Å²) in [5, 5.41) is 6.36. The minimum atomic E-state index is -0.821.